The molecule has 0 aliphatic heterocycles. The maximum Gasteiger partial charge on any atom is 0.150 e. The topological polar surface area (TPSA) is 124 Å². The SMILES string of the molecule is CC(C)Nc1ncnc(N)c1C(=N)c1cc2cc(O)cc(F)c2[nH]1. The number of rotatable bonds is 4. The molecule has 0 spiro atoms. The number of nitrogens with two attached hydrogens (primary N) is 1. The van der Waals surface area contributed by atoms with Gasteiger partial charge in [0.05, 0.1) is 22.5 Å². The lowest BCUT2D eigenvalue weighted by Gasteiger charge is -2.14. The molecular weight excluding hydrogens is 311 g/mol. The monoisotopic (exact) mass is 328 g/mol. The van der Waals surface area contributed by atoms with Gasteiger partial charge in [-0.25, -0.2) is 14.4 Å². The minimum absolute atomic E-state index is 0.0336. The van der Waals surface area contributed by atoms with E-state index >= 15 is 0 Å². The Hall–Kier alpha value is -3.16. The zero-order valence-corrected chi connectivity index (χ0v) is 13.2. The van der Waals surface area contributed by atoms with E-state index in [-0.39, 0.29) is 28.8 Å². The summed E-state index contributed by atoms with van der Waals surface area (Å²) >= 11 is 0. The van der Waals surface area contributed by atoms with E-state index in [2.05, 4.69) is 20.3 Å². The molecule has 0 fully saturated rings. The highest BCUT2D eigenvalue weighted by Crippen LogP contribution is 2.27. The van der Waals surface area contributed by atoms with Gasteiger partial charge >= 0.3 is 0 Å². The summed E-state index contributed by atoms with van der Waals surface area (Å²) in [5, 5.41) is 21.5. The van der Waals surface area contributed by atoms with Crippen LogP contribution in [0, 0.1) is 11.2 Å². The lowest BCUT2D eigenvalue weighted by atomic mass is 10.1. The average molecular weight is 328 g/mol. The van der Waals surface area contributed by atoms with E-state index in [1.807, 2.05) is 13.8 Å². The first-order valence-electron chi connectivity index (χ1n) is 7.34. The normalized spacial score (nSPS) is 11.2. The second-order valence-corrected chi connectivity index (χ2v) is 5.73. The van der Waals surface area contributed by atoms with Crippen molar-refractivity contribution in [3.05, 3.63) is 41.6 Å². The average Bonchev–Trinajstić information content (AvgIpc) is 2.90. The van der Waals surface area contributed by atoms with Gasteiger partial charge in [-0.2, -0.15) is 0 Å². The number of nitrogens with one attached hydrogen (secondary N) is 3. The van der Waals surface area contributed by atoms with Gasteiger partial charge in [0, 0.05) is 17.5 Å². The van der Waals surface area contributed by atoms with Gasteiger partial charge in [0.25, 0.3) is 0 Å². The molecule has 2 heterocycles. The molecular formula is C16H17FN6O. The number of aromatic nitrogens is 3. The molecule has 7 nitrogen and oxygen atoms in total. The molecule has 0 radical (unpaired) electrons. The Kier molecular flexibility index (Phi) is 3.80. The van der Waals surface area contributed by atoms with Gasteiger partial charge in [-0.05, 0) is 26.0 Å². The van der Waals surface area contributed by atoms with Crippen molar-refractivity contribution in [2.75, 3.05) is 11.1 Å². The number of H-pyrrole nitrogens is 1. The van der Waals surface area contributed by atoms with E-state index < -0.39 is 5.82 Å². The summed E-state index contributed by atoms with van der Waals surface area (Å²) in [4.78, 5) is 10.9. The maximum atomic E-state index is 13.9. The van der Waals surface area contributed by atoms with Crippen LogP contribution in [0.25, 0.3) is 10.9 Å². The van der Waals surface area contributed by atoms with Crippen LogP contribution in [0.4, 0.5) is 16.0 Å². The Balaban J connectivity index is 2.11. The second kappa shape index (κ2) is 5.80. The summed E-state index contributed by atoms with van der Waals surface area (Å²) in [5.41, 5.74) is 6.85. The molecule has 0 saturated heterocycles. The quantitative estimate of drug-likeness (QED) is 0.471. The number of hydrogen-bond donors (Lipinski definition) is 5. The standard InChI is InChI=1S/C16H17FN6O/c1-7(2)22-16-12(15(19)20-6-21-16)13(18)11-4-8-3-9(24)5-10(17)14(8)23-11/h3-7,18,23-24H,1-2H3,(H3,19,20,21,22). The van der Waals surface area contributed by atoms with Gasteiger partial charge in [-0.15, -0.1) is 0 Å². The molecule has 0 aliphatic rings. The highest BCUT2D eigenvalue weighted by atomic mass is 19.1. The molecule has 1 aromatic carbocycles. The van der Waals surface area contributed by atoms with E-state index in [9.17, 15) is 9.50 Å². The Bertz CT molecular complexity index is 934. The maximum absolute atomic E-state index is 13.9. The van der Waals surface area contributed by atoms with E-state index in [4.69, 9.17) is 11.1 Å². The lowest BCUT2D eigenvalue weighted by molar-refractivity contribution is 0.471. The van der Waals surface area contributed by atoms with Gasteiger partial charge in [-0.1, -0.05) is 0 Å². The number of halogens is 1. The molecule has 8 heteroatoms. The molecule has 0 atom stereocenters. The Labute approximate surface area is 137 Å². The van der Waals surface area contributed by atoms with Crippen LogP contribution in [0.5, 0.6) is 5.75 Å². The number of hydrogen-bond acceptors (Lipinski definition) is 6. The first-order valence-corrected chi connectivity index (χ1v) is 7.34. The van der Waals surface area contributed by atoms with Crippen LogP contribution in [0.2, 0.25) is 0 Å². The van der Waals surface area contributed by atoms with Crippen molar-refractivity contribution in [2.45, 2.75) is 19.9 Å². The Morgan fingerprint density at radius 1 is 1.33 bits per heavy atom. The first kappa shape index (κ1) is 15.7. The molecule has 0 amide bonds. The largest absolute Gasteiger partial charge is 0.508 e. The van der Waals surface area contributed by atoms with Crippen molar-refractivity contribution in [1.82, 2.24) is 15.0 Å². The summed E-state index contributed by atoms with van der Waals surface area (Å²) in [6, 6.07) is 4.09. The molecule has 24 heavy (non-hydrogen) atoms. The Morgan fingerprint density at radius 3 is 2.79 bits per heavy atom. The van der Waals surface area contributed by atoms with Gasteiger partial charge < -0.3 is 21.1 Å². The number of benzene rings is 1. The Morgan fingerprint density at radius 2 is 2.08 bits per heavy atom. The van der Waals surface area contributed by atoms with Crippen LogP contribution in [0.3, 0.4) is 0 Å². The van der Waals surface area contributed by atoms with Crippen molar-refractivity contribution in [3.8, 4) is 5.75 Å². The highest BCUT2D eigenvalue weighted by molar-refractivity contribution is 6.16. The fourth-order valence-electron chi connectivity index (χ4n) is 2.48. The van der Waals surface area contributed by atoms with Crippen LogP contribution < -0.4 is 11.1 Å². The highest BCUT2D eigenvalue weighted by Gasteiger charge is 2.19. The van der Waals surface area contributed by atoms with Gasteiger partial charge in [-0.3, -0.25) is 5.41 Å². The van der Waals surface area contributed by atoms with Gasteiger partial charge in [0.1, 0.15) is 23.7 Å². The number of nitrogen functional groups attached to an aromatic ring is 1. The molecule has 0 aliphatic carbocycles. The van der Waals surface area contributed by atoms with Crippen LogP contribution >= 0.6 is 0 Å². The first-order chi connectivity index (χ1) is 11.4. The van der Waals surface area contributed by atoms with Gasteiger partial charge in [0.2, 0.25) is 0 Å². The van der Waals surface area contributed by atoms with Crippen molar-refractivity contribution in [3.63, 3.8) is 0 Å². The fourth-order valence-corrected chi connectivity index (χ4v) is 2.48. The molecule has 6 N–H and O–H groups in total. The van der Waals surface area contributed by atoms with Crippen molar-refractivity contribution >= 4 is 28.3 Å². The molecule has 0 bridgehead atoms. The summed E-state index contributed by atoms with van der Waals surface area (Å²) in [7, 11) is 0. The molecule has 0 unspecified atom stereocenters. The smallest absolute Gasteiger partial charge is 0.150 e. The van der Waals surface area contributed by atoms with E-state index in [1.165, 1.54) is 12.4 Å². The number of phenolic OH excluding ortho intramolecular Hbond substituents is 1. The van der Waals surface area contributed by atoms with Crippen molar-refractivity contribution in [1.29, 1.82) is 5.41 Å². The zero-order valence-electron chi connectivity index (χ0n) is 13.2. The van der Waals surface area contributed by atoms with Crippen molar-refractivity contribution < 1.29 is 9.50 Å². The number of aromatic hydroxyl groups is 1. The number of fused-ring (bicyclic) bond motifs is 1. The summed E-state index contributed by atoms with van der Waals surface area (Å²) in [5.74, 6) is -0.187. The molecule has 3 rings (SSSR count). The molecule has 124 valence electrons. The number of phenols is 1. The van der Waals surface area contributed by atoms with Crippen LogP contribution in [0.15, 0.2) is 24.5 Å². The lowest BCUT2D eigenvalue weighted by Crippen LogP contribution is -2.18. The van der Waals surface area contributed by atoms with Crippen LogP contribution in [-0.2, 0) is 0 Å². The fraction of sp³-hybridized carbons (Fsp3) is 0.188. The number of nitrogens with zero attached hydrogens (tertiary/aromatic N) is 2. The third kappa shape index (κ3) is 2.73. The van der Waals surface area contributed by atoms with Crippen LogP contribution in [0.1, 0.15) is 25.1 Å². The summed E-state index contributed by atoms with van der Waals surface area (Å²) in [6.45, 7) is 3.87. The summed E-state index contributed by atoms with van der Waals surface area (Å²) in [6.07, 6.45) is 1.32. The minimum Gasteiger partial charge on any atom is -0.508 e. The number of aromatic amines is 1. The zero-order chi connectivity index (χ0) is 17.4. The van der Waals surface area contributed by atoms with Gasteiger partial charge in [0.15, 0.2) is 5.82 Å². The second-order valence-electron chi connectivity index (χ2n) is 5.73. The van der Waals surface area contributed by atoms with Crippen LogP contribution in [-0.4, -0.2) is 31.8 Å². The van der Waals surface area contributed by atoms with E-state index in [0.717, 1.165) is 6.07 Å². The predicted molar refractivity (Wildman–Crippen MR) is 91.1 cm³/mol. The molecule has 2 aromatic heterocycles. The minimum atomic E-state index is -0.595. The van der Waals surface area contributed by atoms with E-state index in [0.29, 0.717) is 22.5 Å². The number of anilines is 2. The third-order valence-electron chi connectivity index (χ3n) is 3.49. The van der Waals surface area contributed by atoms with Crippen molar-refractivity contribution in [2.24, 2.45) is 0 Å². The predicted octanol–water partition coefficient (Wildman–Crippen LogP) is 2.62. The molecule has 0 saturated carbocycles. The molecule has 3 aromatic rings. The van der Waals surface area contributed by atoms with E-state index in [1.54, 1.807) is 6.07 Å². The summed E-state index contributed by atoms with van der Waals surface area (Å²) < 4.78 is 13.9. The third-order valence-corrected chi connectivity index (χ3v) is 3.49.